The molecule has 3 heterocycles. The van der Waals surface area contributed by atoms with Crippen LogP contribution in [0.1, 0.15) is 11.4 Å². The summed E-state index contributed by atoms with van der Waals surface area (Å²) in [6.07, 6.45) is 3.38. The Kier molecular flexibility index (Phi) is 4.35. The van der Waals surface area contributed by atoms with E-state index in [-0.39, 0.29) is 11.3 Å². The van der Waals surface area contributed by atoms with Crippen LogP contribution in [0.25, 0.3) is 22.0 Å². The number of nitrogens with zero attached hydrogens (tertiary/aromatic N) is 3. The Hall–Kier alpha value is -3.61. The summed E-state index contributed by atoms with van der Waals surface area (Å²) in [6.45, 7) is 3.69. The normalized spacial score (nSPS) is 11.0. The van der Waals surface area contributed by atoms with Crippen LogP contribution < -0.4 is 11.1 Å². The molecule has 0 aliphatic carbocycles. The third-order valence-electron chi connectivity index (χ3n) is 4.45. The number of anilines is 3. The number of nitrogens with two attached hydrogens (primary N) is 1. The van der Waals surface area contributed by atoms with Crippen LogP contribution in [0.15, 0.2) is 48.8 Å². The molecule has 0 unspecified atom stereocenters. The fraction of sp³-hybridized carbons (Fsp3) is 0.0952. The number of halogens is 2. The smallest absolute Gasteiger partial charge is 0.149 e. The number of pyridine rings is 3. The van der Waals surface area contributed by atoms with Crippen molar-refractivity contribution in [2.45, 2.75) is 13.8 Å². The van der Waals surface area contributed by atoms with E-state index in [1.54, 1.807) is 31.5 Å². The van der Waals surface area contributed by atoms with Crippen LogP contribution >= 0.6 is 0 Å². The Morgan fingerprint density at radius 2 is 1.71 bits per heavy atom. The Bertz CT molecular complexity index is 1190. The summed E-state index contributed by atoms with van der Waals surface area (Å²) in [7, 11) is 0. The predicted molar refractivity (Wildman–Crippen MR) is 106 cm³/mol. The van der Waals surface area contributed by atoms with Gasteiger partial charge < -0.3 is 11.1 Å². The largest absolute Gasteiger partial charge is 0.396 e. The highest BCUT2D eigenvalue weighted by Crippen LogP contribution is 2.31. The van der Waals surface area contributed by atoms with Gasteiger partial charge in [0.15, 0.2) is 0 Å². The van der Waals surface area contributed by atoms with Crippen molar-refractivity contribution in [2.24, 2.45) is 0 Å². The van der Waals surface area contributed by atoms with Crippen molar-refractivity contribution in [3.8, 4) is 11.1 Å². The monoisotopic (exact) mass is 377 g/mol. The molecule has 7 heteroatoms. The molecule has 4 rings (SSSR count). The molecule has 140 valence electrons. The fourth-order valence-electron chi connectivity index (χ4n) is 2.97. The maximum Gasteiger partial charge on any atom is 0.149 e. The number of hydrogen-bond donors (Lipinski definition) is 2. The van der Waals surface area contributed by atoms with Gasteiger partial charge in [0.25, 0.3) is 0 Å². The van der Waals surface area contributed by atoms with Gasteiger partial charge in [0, 0.05) is 46.2 Å². The average Bonchev–Trinajstić information content (AvgIpc) is 2.66. The molecule has 0 fully saturated rings. The summed E-state index contributed by atoms with van der Waals surface area (Å²) in [5, 5.41) is 3.91. The van der Waals surface area contributed by atoms with E-state index in [0.717, 1.165) is 22.8 Å². The molecule has 0 aliphatic heterocycles. The van der Waals surface area contributed by atoms with Crippen molar-refractivity contribution >= 4 is 28.1 Å². The van der Waals surface area contributed by atoms with Crippen LogP contribution in [0, 0.1) is 25.5 Å². The summed E-state index contributed by atoms with van der Waals surface area (Å²) in [4.78, 5) is 13.2. The first-order valence-electron chi connectivity index (χ1n) is 8.62. The summed E-state index contributed by atoms with van der Waals surface area (Å²) in [6, 6.07) is 9.47. The van der Waals surface area contributed by atoms with E-state index in [1.165, 1.54) is 6.07 Å². The van der Waals surface area contributed by atoms with Gasteiger partial charge in [-0.1, -0.05) is 0 Å². The Morgan fingerprint density at radius 3 is 2.46 bits per heavy atom. The van der Waals surface area contributed by atoms with E-state index in [9.17, 15) is 8.78 Å². The van der Waals surface area contributed by atoms with Gasteiger partial charge in [0.2, 0.25) is 0 Å². The van der Waals surface area contributed by atoms with Crippen molar-refractivity contribution in [3.63, 3.8) is 0 Å². The summed E-state index contributed by atoms with van der Waals surface area (Å²) in [5.41, 5.74) is 9.29. The van der Waals surface area contributed by atoms with Crippen LogP contribution in [0.4, 0.5) is 26.0 Å². The van der Waals surface area contributed by atoms with Gasteiger partial charge in [-0.2, -0.15) is 0 Å². The highest BCUT2D eigenvalue weighted by Gasteiger charge is 2.14. The topological polar surface area (TPSA) is 76.7 Å². The lowest BCUT2D eigenvalue weighted by Gasteiger charge is -2.11. The predicted octanol–water partition coefficient (Wildman–Crippen LogP) is 4.91. The Morgan fingerprint density at radius 1 is 0.893 bits per heavy atom. The SMILES string of the molecule is Cc1ccc(Nc2cc3nc(C)c(-c4cc(N)c(F)cc4F)cc3cn2)cn1. The second kappa shape index (κ2) is 6.84. The van der Waals surface area contributed by atoms with Crippen molar-refractivity contribution in [1.29, 1.82) is 0 Å². The van der Waals surface area contributed by atoms with Crippen molar-refractivity contribution < 1.29 is 8.78 Å². The molecule has 3 N–H and O–H groups in total. The number of nitrogens with one attached hydrogen (secondary N) is 1. The second-order valence-electron chi connectivity index (χ2n) is 6.55. The van der Waals surface area contributed by atoms with Gasteiger partial charge in [-0.05, 0) is 38.1 Å². The maximum absolute atomic E-state index is 14.3. The van der Waals surface area contributed by atoms with Crippen LogP contribution in [-0.2, 0) is 0 Å². The standard InChI is InChI=1S/C21H17F2N5/c1-11-3-4-14(10-25-11)28-21-8-20-13(9-26-21)5-15(12(2)27-20)16-6-19(24)18(23)7-17(16)22/h3-10H,24H2,1-2H3,(H,26,28). The summed E-state index contributed by atoms with van der Waals surface area (Å²) >= 11 is 0. The van der Waals surface area contributed by atoms with Gasteiger partial charge in [-0.25, -0.2) is 13.8 Å². The summed E-state index contributed by atoms with van der Waals surface area (Å²) in [5.74, 6) is -0.847. The molecular weight excluding hydrogens is 360 g/mol. The molecule has 1 aromatic carbocycles. The number of nitrogen functional groups attached to an aromatic ring is 1. The molecule has 0 spiro atoms. The van der Waals surface area contributed by atoms with Gasteiger partial charge in [-0.15, -0.1) is 0 Å². The molecule has 0 saturated heterocycles. The molecular formula is C21H17F2N5. The van der Waals surface area contributed by atoms with Gasteiger partial charge >= 0.3 is 0 Å². The molecule has 0 atom stereocenters. The number of benzene rings is 1. The minimum absolute atomic E-state index is 0.111. The van der Waals surface area contributed by atoms with E-state index < -0.39 is 11.6 Å². The Balaban J connectivity index is 1.74. The minimum atomic E-state index is -0.782. The van der Waals surface area contributed by atoms with Crippen LogP contribution in [0.3, 0.4) is 0 Å². The quantitative estimate of drug-likeness (QED) is 0.496. The number of rotatable bonds is 3. The molecule has 5 nitrogen and oxygen atoms in total. The first kappa shape index (κ1) is 17.8. The first-order valence-corrected chi connectivity index (χ1v) is 8.62. The molecule has 3 aromatic heterocycles. The van der Waals surface area contributed by atoms with E-state index in [2.05, 4.69) is 20.3 Å². The van der Waals surface area contributed by atoms with Gasteiger partial charge in [0.05, 0.1) is 23.1 Å². The maximum atomic E-state index is 14.3. The highest BCUT2D eigenvalue weighted by atomic mass is 19.1. The van der Waals surface area contributed by atoms with Crippen molar-refractivity contribution in [2.75, 3.05) is 11.1 Å². The molecule has 0 amide bonds. The minimum Gasteiger partial charge on any atom is -0.396 e. The van der Waals surface area contributed by atoms with Crippen LogP contribution in [-0.4, -0.2) is 15.0 Å². The van der Waals surface area contributed by atoms with Gasteiger partial charge in [-0.3, -0.25) is 9.97 Å². The molecule has 4 aromatic rings. The lowest BCUT2D eigenvalue weighted by molar-refractivity contribution is 0.588. The number of fused-ring (bicyclic) bond motifs is 1. The second-order valence-corrected chi connectivity index (χ2v) is 6.55. The molecule has 0 bridgehead atoms. The van der Waals surface area contributed by atoms with Crippen molar-refractivity contribution in [1.82, 2.24) is 15.0 Å². The average molecular weight is 377 g/mol. The van der Waals surface area contributed by atoms with Crippen LogP contribution in [0.2, 0.25) is 0 Å². The lowest BCUT2D eigenvalue weighted by Crippen LogP contribution is -1.98. The van der Waals surface area contributed by atoms with E-state index >= 15 is 0 Å². The highest BCUT2D eigenvalue weighted by molar-refractivity contribution is 5.86. The van der Waals surface area contributed by atoms with E-state index in [1.807, 2.05) is 19.1 Å². The third-order valence-corrected chi connectivity index (χ3v) is 4.45. The summed E-state index contributed by atoms with van der Waals surface area (Å²) < 4.78 is 27.7. The lowest BCUT2D eigenvalue weighted by atomic mass is 10.0. The zero-order valence-electron chi connectivity index (χ0n) is 15.3. The third kappa shape index (κ3) is 3.34. The van der Waals surface area contributed by atoms with E-state index in [4.69, 9.17) is 5.73 Å². The fourth-order valence-corrected chi connectivity index (χ4v) is 2.97. The number of hydrogen-bond acceptors (Lipinski definition) is 5. The van der Waals surface area contributed by atoms with E-state index in [0.29, 0.717) is 22.6 Å². The van der Waals surface area contributed by atoms with Gasteiger partial charge in [0.1, 0.15) is 17.5 Å². The number of aryl methyl sites for hydroxylation is 2. The Labute approximate surface area is 160 Å². The zero-order chi connectivity index (χ0) is 19.8. The number of aromatic nitrogens is 3. The van der Waals surface area contributed by atoms with Crippen LogP contribution in [0.5, 0.6) is 0 Å². The molecule has 0 saturated carbocycles. The molecule has 0 radical (unpaired) electrons. The molecule has 28 heavy (non-hydrogen) atoms. The zero-order valence-corrected chi connectivity index (χ0v) is 15.3. The molecule has 0 aliphatic rings. The van der Waals surface area contributed by atoms with Crippen molar-refractivity contribution in [3.05, 3.63) is 71.8 Å². The first-order chi connectivity index (χ1) is 13.4.